The first kappa shape index (κ1) is 18.6. The highest BCUT2D eigenvalue weighted by Crippen LogP contribution is 2.29. The summed E-state index contributed by atoms with van der Waals surface area (Å²) in [5, 5.41) is 2.82. The molecular weight excluding hydrogens is 418 g/mol. The van der Waals surface area contributed by atoms with Gasteiger partial charge in [-0.05, 0) is 46.6 Å². The summed E-state index contributed by atoms with van der Waals surface area (Å²) < 4.78 is 0.864. The van der Waals surface area contributed by atoms with Crippen molar-refractivity contribution in [3.8, 4) is 0 Å². The molecule has 1 fully saturated rings. The Labute approximate surface area is 163 Å². The predicted octanol–water partition coefficient (Wildman–Crippen LogP) is 3.35. The third kappa shape index (κ3) is 4.13. The van der Waals surface area contributed by atoms with Crippen molar-refractivity contribution in [2.45, 2.75) is 12.8 Å². The van der Waals surface area contributed by atoms with Gasteiger partial charge in [0.15, 0.2) is 0 Å². The third-order valence-electron chi connectivity index (χ3n) is 4.05. The first-order valence-corrected chi connectivity index (χ1v) is 9.76. The Balaban J connectivity index is 1.67. The lowest BCUT2D eigenvalue weighted by Gasteiger charge is -2.21. The quantitative estimate of drug-likeness (QED) is 0.782. The normalized spacial score (nSPS) is 13.8. The van der Waals surface area contributed by atoms with Gasteiger partial charge in [0.2, 0.25) is 11.8 Å². The van der Waals surface area contributed by atoms with Gasteiger partial charge < -0.3 is 15.1 Å². The van der Waals surface area contributed by atoms with Gasteiger partial charge in [-0.15, -0.1) is 11.3 Å². The van der Waals surface area contributed by atoms with Crippen LogP contribution >= 0.6 is 27.3 Å². The number of anilines is 2. The maximum atomic E-state index is 12.4. The van der Waals surface area contributed by atoms with Crippen molar-refractivity contribution in [3.05, 3.63) is 45.1 Å². The third-order valence-corrected chi connectivity index (χ3v) is 5.67. The molecule has 1 aliphatic heterocycles. The average Bonchev–Trinajstić information content (AvgIpc) is 3.23. The molecule has 1 aromatic heterocycles. The molecule has 0 radical (unpaired) electrons. The summed E-state index contributed by atoms with van der Waals surface area (Å²) in [6.45, 7) is 0.577. The van der Waals surface area contributed by atoms with Gasteiger partial charge in [-0.3, -0.25) is 14.4 Å². The highest BCUT2D eigenvalue weighted by Gasteiger charge is 2.24. The van der Waals surface area contributed by atoms with E-state index in [2.05, 4.69) is 21.2 Å². The van der Waals surface area contributed by atoms with E-state index < -0.39 is 0 Å². The Morgan fingerprint density at radius 3 is 2.69 bits per heavy atom. The monoisotopic (exact) mass is 435 g/mol. The van der Waals surface area contributed by atoms with E-state index in [1.165, 1.54) is 16.2 Å². The summed E-state index contributed by atoms with van der Waals surface area (Å²) in [7, 11) is 1.59. The van der Waals surface area contributed by atoms with E-state index in [0.717, 1.165) is 10.2 Å². The molecule has 0 saturated carbocycles. The Hall–Kier alpha value is -2.19. The van der Waals surface area contributed by atoms with Crippen molar-refractivity contribution in [1.82, 2.24) is 4.90 Å². The van der Waals surface area contributed by atoms with Gasteiger partial charge in [-0.25, -0.2) is 0 Å². The molecule has 26 heavy (non-hydrogen) atoms. The number of hydrogen-bond acceptors (Lipinski definition) is 4. The molecule has 8 heteroatoms. The van der Waals surface area contributed by atoms with Gasteiger partial charge >= 0.3 is 0 Å². The van der Waals surface area contributed by atoms with E-state index in [0.29, 0.717) is 29.2 Å². The molecule has 0 unspecified atom stereocenters. The summed E-state index contributed by atoms with van der Waals surface area (Å²) in [5.74, 6) is -0.461. The molecule has 0 spiro atoms. The Bertz CT molecular complexity index is 852. The fourth-order valence-corrected chi connectivity index (χ4v) is 4.19. The summed E-state index contributed by atoms with van der Waals surface area (Å²) in [4.78, 5) is 40.4. The van der Waals surface area contributed by atoms with E-state index in [-0.39, 0.29) is 24.3 Å². The van der Waals surface area contributed by atoms with E-state index in [1.54, 1.807) is 36.2 Å². The maximum absolute atomic E-state index is 12.4. The number of halogens is 1. The van der Waals surface area contributed by atoms with Gasteiger partial charge in [-0.2, -0.15) is 0 Å². The largest absolute Gasteiger partial charge is 0.332 e. The van der Waals surface area contributed by atoms with Gasteiger partial charge in [0.05, 0.1) is 26.6 Å². The molecule has 2 aromatic rings. The average molecular weight is 436 g/mol. The van der Waals surface area contributed by atoms with Gasteiger partial charge in [0, 0.05) is 20.0 Å². The van der Waals surface area contributed by atoms with Crippen LogP contribution in [0.1, 0.15) is 22.5 Å². The number of rotatable bonds is 5. The first-order chi connectivity index (χ1) is 12.5. The van der Waals surface area contributed by atoms with Gasteiger partial charge in [0.1, 0.15) is 0 Å². The van der Waals surface area contributed by atoms with Crippen molar-refractivity contribution < 1.29 is 14.4 Å². The predicted molar refractivity (Wildman–Crippen MR) is 106 cm³/mol. The summed E-state index contributed by atoms with van der Waals surface area (Å²) in [6, 6.07) is 10.7. The zero-order chi connectivity index (χ0) is 18.7. The van der Waals surface area contributed by atoms with Gasteiger partial charge in [0.25, 0.3) is 5.91 Å². The number of amides is 3. The number of nitrogens with one attached hydrogen (secondary N) is 1. The number of hydrogen-bond donors (Lipinski definition) is 1. The van der Waals surface area contributed by atoms with Crippen LogP contribution in [0.15, 0.2) is 40.2 Å². The molecule has 2 heterocycles. The van der Waals surface area contributed by atoms with Crippen LogP contribution in [0, 0.1) is 0 Å². The summed E-state index contributed by atoms with van der Waals surface area (Å²) >= 11 is 4.65. The second-order valence-corrected chi connectivity index (χ2v) is 8.44. The molecule has 1 N–H and O–H groups in total. The van der Waals surface area contributed by atoms with Crippen molar-refractivity contribution in [1.29, 1.82) is 0 Å². The molecule has 0 bridgehead atoms. The zero-order valence-corrected chi connectivity index (χ0v) is 16.6. The first-order valence-electron chi connectivity index (χ1n) is 8.16. The fraction of sp³-hybridized carbons (Fsp3) is 0.278. The summed E-state index contributed by atoms with van der Waals surface area (Å²) in [6.07, 6.45) is 1.34. The smallest absolute Gasteiger partial charge is 0.264 e. The van der Waals surface area contributed by atoms with Crippen LogP contribution in [0.25, 0.3) is 0 Å². The minimum Gasteiger partial charge on any atom is -0.332 e. The lowest BCUT2D eigenvalue weighted by atomic mass is 10.2. The van der Waals surface area contributed by atoms with Crippen molar-refractivity contribution in [2.75, 3.05) is 30.4 Å². The Morgan fingerprint density at radius 2 is 2.04 bits per heavy atom. The number of nitrogens with zero attached hydrogens (tertiary/aromatic N) is 2. The molecule has 0 atom stereocenters. The van der Waals surface area contributed by atoms with Crippen molar-refractivity contribution in [3.63, 3.8) is 0 Å². The number of benzene rings is 1. The van der Waals surface area contributed by atoms with Crippen LogP contribution in [0.3, 0.4) is 0 Å². The minimum absolute atomic E-state index is 0.0577. The standard InChI is InChI=1S/C18H18BrN3O3S/c1-21(18(25)14-8-9-15(19)26-14)11-16(23)20-12-5-2-3-6-13(12)22-10-4-7-17(22)24/h2-3,5-6,8-9H,4,7,10-11H2,1H3,(H,20,23). The van der Waals surface area contributed by atoms with Crippen LogP contribution in [-0.4, -0.2) is 42.8 Å². The molecular formula is C18H18BrN3O3S. The second-order valence-electron chi connectivity index (χ2n) is 5.98. The molecule has 3 rings (SSSR count). The number of carbonyl (C=O) groups excluding carboxylic acids is 3. The highest BCUT2D eigenvalue weighted by atomic mass is 79.9. The minimum atomic E-state index is -0.310. The zero-order valence-electron chi connectivity index (χ0n) is 14.2. The van der Waals surface area contributed by atoms with Crippen LogP contribution in [-0.2, 0) is 9.59 Å². The molecule has 136 valence electrons. The molecule has 6 nitrogen and oxygen atoms in total. The molecule has 0 aliphatic carbocycles. The number of para-hydroxylation sites is 2. The lowest BCUT2D eigenvalue weighted by molar-refractivity contribution is -0.117. The Kier molecular flexibility index (Phi) is 5.73. The number of carbonyl (C=O) groups is 3. The highest BCUT2D eigenvalue weighted by molar-refractivity contribution is 9.11. The van der Waals surface area contributed by atoms with E-state index in [4.69, 9.17) is 0 Å². The van der Waals surface area contributed by atoms with E-state index in [1.807, 2.05) is 12.1 Å². The molecule has 1 aromatic carbocycles. The van der Waals surface area contributed by atoms with Crippen molar-refractivity contribution in [2.24, 2.45) is 0 Å². The van der Waals surface area contributed by atoms with Crippen LogP contribution in [0.4, 0.5) is 11.4 Å². The number of thiophene rings is 1. The molecule has 1 aliphatic rings. The van der Waals surface area contributed by atoms with Crippen LogP contribution in [0.2, 0.25) is 0 Å². The van der Waals surface area contributed by atoms with Crippen molar-refractivity contribution >= 4 is 56.4 Å². The number of likely N-dealkylation sites (N-methyl/N-ethyl adjacent to an activating group) is 1. The fourth-order valence-electron chi connectivity index (χ4n) is 2.81. The van der Waals surface area contributed by atoms with Crippen LogP contribution < -0.4 is 10.2 Å². The lowest BCUT2D eigenvalue weighted by Crippen LogP contribution is -2.35. The van der Waals surface area contributed by atoms with E-state index in [9.17, 15) is 14.4 Å². The van der Waals surface area contributed by atoms with E-state index >= 15 is 0 Å². The Morgan fingerprint density at radius 1 is 1.27 bits per heavy atom. The summed E-state index contributed by atoms with van der Waals surface area (Å²) in [5.41, 5.74) is 1.27. The SMILES string of the molecule is CN(CC(=O)Nc1ccccc1N1CCCC1=O)C(=O)c1ccc(Br)s1. The maximum Gasteiger partial charge on any atom is 0.264 e. The van der Waals surface area contributed by atoms with Crippen LogP contribution in [0.5, 0.6) is 0 Å². The second kappa shape index (κ2) is 8.01. The molecule has 3 amide bonds. The van der Waals surface area contributed by atoms with Gasteiger partial charge in [-0.1, -0.05) is 12.1 Å². The topological polar surface area (TPSA) is 69.7 Å². The molecule has 1 saturated heterocycles.